The highest BCUT2D eigenvalue weighted by Crippen LogP contribution is 1.88. The van der Waals surface area contributed by atoms with E-state index in [4.69, 9.17) is 11.1 Å². The largest absolute Gasteiger partial charge is 0.368 e. The molecule has 0 bridgehead atoms. The van der Waals surface area contributed by atoms with Crippen LogP contribution in [-0.4, -0.2) is 20.9 Å². The molecule has 3 N–H and O–H groups in total. The van der Waals surface area contributed by atoms with Gasteiger partial charge in [0.1, 0.15) is 12.7 Å². The summed E-state index contributed by atoms with van der Waals surface area (Å²) >= 11 is 0. The lowest BCUT2D eigenvalue weighted by Crippen LogP contribution is -2.20. The number of nitrogens with zero attached hydrogens (tertiary/aromatic N) is 4. The first-order chi connectivity index (χ1) is 4.79. The molecule has 0 aliphatic rings. The normalized spacial score (nSPS) is 8.80. The van der Waals surface area contributed by atoms with Gasteiger partial charge in [-0.3, -0.25) is 5.41 Å². The second-order valence-corrected chi connectivity index (χ2v) is 1.44. The van der Waals surface area contributed by atoms with Gasteiger partial charge in [-0.15, -0.1) is 0 Å². The van der Waals surface area contributed by atoms with Crippen LogP contribution in [0.4, 0.5) is 5.95 Å². The second kappa shape index (κ2) is 2.72. The molecule has 10 heavy (non-hydrogen) atoms. The van der Waals surface area contributed by atoms with Crippen molar-refractivity contribution >= 4 is 11.9 Å². The zero-order valence-electron chi connectivity index (χ0n) is 5.02. The molecule has 0 aromatic carbocycles. The Bertz CT molecular complexity index is 218. The van der Waals surface area contributed by atoms with Crippen molar-refractivity contribution < 1.29 is 0 Å². The van der Waals surface area contributed by atoms with E-state index in [-0.39, 0.29) is 11.9 Å². The molecule has 0 atom stereocenters. The van der Waals surface area contributed by atoms with Crippen LogP contribution in [0.5, 0.6) is 0 Å². The number of rotatable bonds is 1. The molecule has 1 aromatic rings. The van der Waals surface area contributed by atoms with Crippen LogP contribution >= 0.6 is 0 Å². The number of hydrogen-bond donors (Lipinski definition) is 2. The Morgan fingerprint density at radius 2 is 2.10 bits per heavy atom. The fourth-order valence-electron chi connectivity index (χ4n) is 0.399. The minimum Gasteiger partial charge on any atom is -0.368 e. The minimum atomic E-state index is -0.314. The van der Waals surface area contributed by atoms with E-state index >= 15 is 0 Å². The molecule has 1 radical (unpaired) electrons. The van der Waals surface area contributed by atoms with Gasteiger partial charge in [0.2, 0.25) is 5.96 Å². The van der Waals surface area contributed by atoms with E-state index in [0.29, 0.717) is 0 Å². The Morgan fingerprint density at radius 3 is 2.60 bits per heavy atom. The molecule has 1 rings (SSSR count). The van der Waals surface area contributed by atoms with Crippen molar-refractivity contribution in [2.75, 3.05) is 0 Å². The van der Waals surface area contributed by atoms with E-state index in [1.165, 1.54) is 12.7 Å². The Balaban J connectivity index is 2.67. The molecular weight excluding hydrogens is 132 g/mol. The van der Waals surface area contributed by atoms with Crippen LogP contribution in [0, 0.1) is 5.41 Å². The number of nitrogens with two attached hydrogens (primary N) is 1. The Morgan fingerprint density at radius 1 is 1.50 bits per heavy atom. The highest BCUT2D eigenvalue weighted by atomic mass is 15.2. The number of hydrogen-bond acceptors (Lipinski definition) is 4. The summed E-state index contributed by atoms with van der Waals surface area (Å²) in [5.74, 6) is -0.159. The molecule has 6 heteroatoms. The van der Waals surface area contributed by atoms with E-state index in [1.807, 2.05) is 0 Å². The Labute approximate surface area is 57.0 Å². The maximum atomic E-state index is 6.74. The molecule has 1 aromatic heterocycles. The van der Waals surface area contributed by atoms with E-state index in [9.17, 15) is 0 Å². The first kappa shape index (κ1) is 6.40. The molecule has 0 saturated heterocycles. The van der Waals surface area contributed by atoms with Gasteiger partial charge in [0.05, 0.1) is 0 Å². The van der Waals surface area contributed by atoms with Crippen molar-refractivity contribution in [3.05, 3.63) is 12.7 Å². The first-order valence-electron chi connectivity index (χ1n) is 2.47. The third-order valence-electron chi connectivity index (χ3n) is 0.700. The maximum absolute atomic E-state index is 6.74. The van der Waals surface area contributed by atoms with Crippen LogP contribution in [0.2, 0.25) is 0 Å². The summed E-state index contributed by atoms with van der Waals surface area (Å²) in [6.45, 7) is 0. The van der Waals surface area contributed by atoms with Gasteiger partial charge >= 0.3 is 0 Å². The number of guanidine groups is 1. The topological polar surface area (TPSA) is 103 Å². The standard InChI is InChI=1S/C4H5N6/c5-3(6)10-4-8-1-7-2-9-4/h1-2H,(H3,5,6). The predicted molar refractivity (Wildman–Crippen MR) is 33.5 cm³/mol. The fourth-order valence-corrected chi connectivity index (χ4v) is 0.399. The smallest absolute Gasteiger partial charge is 0.255 e. The summed E-state index contributed by atoms with van der Waals surface area (Å²) in [6.07, 6.45) is 2.57. The third kappa shape index (κ3) is 1.66. The van der Waals surface area contributed by atoms with Gasteiger partial charge in [0.15, 0.2) is 0 Å². The quantitative estimate of drug-likeness (QED) is 0.382. The minimum absolute atomic E-state index is 0.155. The molecule has 0 spiro atoms. The molecule has 6 nitrogen and oxygen atoms in total. The van der Waals surface area contributed by atoms with Crippen LogP contribution in [-0.2, 0) is 0 Å². The van der Waals surface area contributed by atoms with Crippen LogP contribution in [0.1, 0.15) is 0 Å². The molecule has 0 aliphatic carbocycles. The average Bonchev–Trinajstić information content (AvgIpc) is 1.88. The van der Waals surface area contributed by atoms with Gasteiger partial charge in [-0.05, 0) is 0 Å². The lowest BCUT2D eigenvalue weighted by molar-refractivity contribution is 0.967. The molecule has 51 valence electrons. The summed E-state index contributed by atoms with van der Waals surface area (Å²) < 4.78 is 0. The monoisotopic (exact) mass is 137 g/mol. The zero-order valence-corrected chi connectivity index (χ0v) is 5.02. The summed E-state index contributed by atoms with van der Waals surface area (Å²) in [4.78, 5) is 10.8. The highest BCUT2D eigenvalue weighted by molar-refractivity contribution is 5.77. The van der Waals surface area contributed by atoms with Crippen molar-refractivity contribution in [1.29, 1.82) is 5.41 Å². The fraction of sp³-hybridized carbons (Fsp3) is 0. The van der Waals surface area contributed by atoms with E-state index in [2.05, 4.69) is 20.3 Å². The summed E-state index contributed by atoms with van der Waals surface area (Å²) in [5.41, 5.74) is 4.94. The molecule has 0 aliphatic heterocycles. The van der Waals surface area contributed by atoms with Crippen LogP contribution in [0.25, 0.3) is 0 Å². The summed E-state index contributed by atoms with van der Waals surface area (Å²) in [7, 11) is 0. The maximum Gasteiger partial charge on any atom is 0.255 e. The van der Waals surface area contributed by atoms with Crippen molar-refractivity contribution in [3.63, 3.8) is 0 Å². The van der Waals surface area contributed by atoms with Gasteiger partial charge in [-0.1, -0.05) is 0 Å². The van der Waals surface area contributed by atoms with E-state index in [0.717, 1.165) is 0 Å². The van der Waals surface area contributed by atoms with Crippen LogP contribution < -0.4 is 11.1 Å². The van der Waals surface area contributed by atoms with Gasteiger partial charge < -0.3 is 5.73 Å². The van der Waals surface area contributed by atoms with Crippen LogP contribution in [0.15, 0.2) is 12.7 Å². The average molecular weight is 137 g/mol. The number of nitrogens with one attached hydrogen (secondary N) is 1. The lowest BCUT2D eigenvalue weighted by Gasteiger charge is -1.93. The third-order valence-corrected chi connectivity index (χ3v) is 0.700. The van der Waals surface area contributed by atoms with Crippen molar-refractivity contribution in [3.8, 4) is 0 Å². The van der Waals surface area contributed by atoms with E-state index < -0.39 is 0 Å². The molecule has 0 fully saturated rings. The van der Waals surface area contributed by atoms with Gasteiger partial charge in [-0.25, -0.2) is 4.98 Å². The van der Waals surface area contributed by atoms with Crippen molar-refractivity contribution in [2.24, 2.45) is 5.73 Å². The Hall–Kier alpha value is -1.72. The lowest BCUT2D eigenvalue weighted by atomic mass is 10.8. The van der Waals surface area contributed by atoms with Crippen molar-refractivity contribution in [2.45, 2.75) is 0 Å². The second-order valence-electron chi connectivity index (χ2n) is 1.44. The predicted octanol–water partition coefficient (Wildman–Crippen LogP) is -0.999. The van der Waals surface area contributed by atoms with Crippen molar-refractivity contribution in [1.82, 2.24) is 20.3 Å². The SMILES string of the molecule is N=C(N)[N]c1ncncn1. The molecule has 0 saturated carbocycles. The first-order valence-corrected chi connectivity index (χ1v) is 2.47. The van der Waals surface area contributed by atoms with Gasteiger partial charge in [0, 0.05) is 0 Å². The zero-order chi connectivity index (χ0) is 7.40. The van der Waals surface area contributed by atoms with Crippen LogP contribution in [0.3, 0.4) is 0 Å². The molecular formula is C4H5N6. The molecule has 1 heterocycles. The Kier molecular flexibility index (Phi) is 1.74. The molecule has 0 unspecified atom stereocenters. The highest BCUT2D eigenvalue weighted by Gasteiger charge is 1.95. The molecule has 0 amide bonds. The van der Waals surface area contributed by atoms with Gasteiger partial charge in [0.25, 0.3) is 5.95 Å². The van der Waals surface area contributed by atoms with E-state index in [1.54, 1.807) is 0 Å². The number of aromatic nitrogens is 3. The summed E-state index contributed by atoms with van der Waals surface area (Å²) in [6, 6.07) is 0. The summed E-state index contributed by atoms with van der Waals surface area (Å²) in [5, 5.41) is 10.2. The van der Waals surface area contributed by atoms with Gasteiger partial charge in [-0.2, -0.15) is 15.3 Å².